The van der Waals surface area contributed by atoms with Crippen molar-refractivity contribution < 1.29 is 13.2 Å². The molecule has 0 aliphatic heterocycles. The smallest absolute Gasteiger partial charge is 0.241 e. The van der Waals surface area contributed by atoms with Crippen molar-refractivity contribution >= 4 is 31.9 Å². The molecular formula is C12H17BrN2O3S. The molecule has 5 nitrogen and oxygen atoms in total. The van der Waals surface area contributed by atoms with Crippen LogP contribution in [0.15, 0.2) is 33.6 Å². The zero-order valence-corrected chi connectivity index (χ0v) is 13.2. The van der Waals surface area contributed by atoms with E-state index in [1.54, 1.807) is 12.1 Å². The Balaban J connectivity index is 2.74. The highest BCUT2D eigenvalue weighted by Crippen LogP contribution is 2.14. The molecule has 1 atom stereocenters. The molecule has 0 saturated carbocycles. The summed E-state index contributed by atoms with van der Waals surface area (Å²) in [6.07, 6.45) is 0.803. The van der Waals surface area contributed by atoms with Crippen LogP contribution in [0.25, 0.3) is 0 Å². The number of hydrogen-bond acceptors (Lipinski definition) is 3. The van der Waals surface area contributed by atoms with Crippen molar-refractivity contribution in [3.05, 3.63) is 28.7 Å². The summed E-state index contributed by atoms with van der Waals surface area (Å²) in [5.41, 5.74) is 0. The Bertz CT molecular complexity index is 528. The molecule has 1 aromatic carbocycles. The summed E-state index contributed by atoms with van der Waals surface area (Å²) in [5.74, 6) is -0.331. The molecule has 2 N–H and O–H groups in total. The third-order valence-corrected chi connectivity index (χ3v) is 4.48. The van der Waals surface area contributed by atoms with E-state index in [1.807, 2.05) is 6.92 Å². The average molecular weight is 349 g/mol. The zero-order valence-electron chi connectivity index (χ0n) is 10.8. The Morgan fingerprint density at radius 1 is 1.32 bits per heavy atom. The normalized spacial score (nSPS) is 13.0. The van der Waals surface area contributed by atoms with Crippen molar-refractivity contribution in [2.75, 3.05) is 6.54 Å². The molecule has 0 spiro atoms. The molecule has 19 heavy (non-hydrogen) atoms. The maximum atomic E-state index is 12.0. The fourth-order valence-electron chi connectivity index (χ4n) is 1.37. The van der Waals surface area contributed by atoms with Gasteiger partial charge in [0.25, 0.3) is 0 Å². The van der Waals surface area contributed by atoms with Gasteiger partial charge in [-0.2, -0.15) is 4.72 Å². The van der Waals surface area contributed by atoms with E-state index in [1.165, 1.54) is 19.1 Å². The van der Waals surface area contributed by atoms with E-state index in [-0.39, 0.29) is 10.8 Å². The summed E-state index contributed by atoms with van der Waals surface area (Å²) in [4.78, 5) is 11.7. The molecule has 106 valence electrons. The highest BCUT2D eigenvalue weighted by molar-refractivity contribution is 9.10. The lowest BCUT2D eigenvalue weighted by molar-refractivity contribution is -0.122. The zero-order chi connectivity index (χ0) is 14.5. The first kappa shape index (κ1) is 16.1. The van der Waals surface area contributed by atoms with Gasteiger partial charge in [0, 0.05) is 11.0 Å². The molecule has 1 rings (SSSR count). The highest BCUT2D eigenvalue weighted by Gasteiger charge is 2.21. The molecule has 0 fully saturated rings. The summed E-state index contributed by atoms with van der Waals surface area (Å²) in [5, 5.41) is 2.64. The molecule has 7 heteroatoms. The largest absolute Gasteiger partial charge is 0.355 e. The molecule has 0 saturated heterocycles. The number of rotatable bonds is 6. The Kier molecular flexibility index (Phi) is 5.96. The average Bonchev–Trinajstić information content (AvgIpc) is 2.35. The highest BCUT2D eigenvalue weighted by atomic mass is 79.9. The number of nitrogens with one attached hydrogen (secondary N) is 2. The number of halogens is 1. The summed E-state index contributed by atoms with van der Waals surface area (Å²) >= 11 is 3.24. The SMILES string of the molecule is CCCNC(=O)[C@H](C)NS(=O)(=O)c1ccc(Br)cc1. The first-order chi connectivity index (χ1) is 8.86. The van der Waals surface area contributed by atoms with E-state index in [0.29, 0.717) is 6.54 Å². The number of benzene rings is 1. The lowest BCUT2D eigenvalue weighted by Crippen LogP contribution is -2.44. The molecular weight excluding hydrogens is 332 g/mol. The third-order valence-electron chi connectivity index (χ3n) is 2.40. The molecule has 0 aromatic heterocycles. The van der Waals surface area contributed by atoms with Gasteiger partial charge in [-0.15, -0.1) is 0 Å². The van der Waals surface area contributed by atoms with Gasteiger partial charge < -0.3 is 5.32 Å². The van der Waals surface area contributed by atoms with E-state index >= 15 is 0 Å². The van der Waals surface area contributed by atoms with Crippen molar-refractivity contribution in [2.24, 2.45) is 0 Å². The Hall–Kier alpha value is -0.920. The number of carbonyl (C=O) groups is 1. The van der Waals surface area contributed by atoms with Crippen LogP contribution in [0.2, 0.25) is 0 Å². The van der Waals surface area contributed by atoms with Crippen molar-refractivity contribution in [3.8, 4) is 0 Å². The predicted molar refractivity (Wildman–Crippen MR) is 77.2 cm³/mol. The van der Waals surface area contributed by atoms with Crippen LogP contribution >= 0.6 is 15.9 Å². The standard InChI is InChI=1S/C12H17BrN2O3S/c1-3-8-14-12(16)9(2)15-19(17,18)11-6-4-10(13)5-7-11/h4-7,9,15H,3,8H2,1-2H3,(H,14,16)/t9-/m0/s1. The summed E-state index contributed by atoms with van der Waals surface area (Å²) in [6, 6.07) is 5.42. The summed E-state index contributed by atoms with van der Waals surface area (Å²) < 4.78 is 27.2. The van der Waals surface area contributed by atoms with Crippen LogP contribution in [0.4, 0.5) is 0 Å². The molecule has 0 radical (unpaired) electrons. The molecule has 0 heterocycles. The minimum atomic E-state index is -3.68. The van der Waals surface area contributed by atoms with Gasteiger partial charge in [-0.05, 0) is 37.6 Å². The van der Waals surface area contributed by atoms with Gasteiger partial charge in [0.1, 0.15) is 0 Å². The van der Waals surface area contributed by atoms with Crippen LogP contribution in [0.5, 0.6) is 0 Å². The second-order valence-electron chi connectivity index (χ2n) is 4.09. The Labute approximate surface area is 122 Å². The maximum Gasteiger partial charge on any atom is 0.241 e. The first-order valence-corrected chi connectivity index (χ1v) is 8.20. The first-order valence-electron chi connectivity index (χ1n) is 5.92. The van der Waals surface area contributed by atoms with Crippen LogP contribution in [-0.2, 0) is 14.8 Å². The van der Waals surface area contributed by atoms with E-state index in [0.717, 1.165) is 10.9 Å². The van der Waals surface area contributed by atoms with E-state index in [2.05, 4.69) is 26.0 Å². The number of sulfonamides is 1. The van der Waals surface area contributed by atoms with Crippen molar-refractivity contribution in [1.29, 1.82) is 0 Å². The van der Waals surface area contributed by atoms with Gasteiger partial charge in [0.15, 0.2) is 0 Å². The number of amides is 1. The maximum absolute atomic E-state index is 12.0. The van der Waals surface area contributed by atoms with Gasteiger partial charge in [-0.25, -0.2) is 8.42 Å². The van der Waals surface area contributed by atoms with Gasteiger partial charge in [0.05, 0.1) is 10.9 Å². The lowest BCUT2D eigenvalue weighted by Gasteiger charge is -2.14. The van der Waals surface area contributed by atoms with Crippen LogP contribution in [0, 0.1) is 0 Å². The van der Waals surface area contributed by atoms with Gasteiger partial charge in [-0.3, -0.25) is 4.79 Å². The second-order valence-corrected chi connectivity index (χ2v) is 6.72. The topological polar surface area (TPSA) is 75.3 Å². The number of carbonyl (C=O) groups excluding carboxylic acids is 1. The lowest BCUT2D eigenvalue weighted by atomic mass is 10.3. The van der Waals surface area contributed by atoms with Crippen LogP contribution < -0.4 is 10.0 Å². The van der Waals surface area contributed by atoms with Gasteiger partial charge >= 0.3 is 0 Å². The summed E-state index contributed by atoms with van der Waals surface area (Å²) in [7, 11) is -3.68. The van der Waals surface area contributed by atoms with Crippen LogP contribution in [0.1, 0.15) is 20.3 Å². The summed E-state index contributed by atoms with van der Waals surface area (Å²) in [6.45, 7) is 3.97. The minimum Gasteiger partial charge on any atom is -0.355 e. The second kappa shape index (κ2) is 7.02. The molecule has 1 aromatic rings. The Morgan fingerprint density at radius 3 is 2.42 bits per heavy atom. The van der Waals surface area contributed by atoms with Crippen molar-refractivity contribution in [3.63, 3.8) is 0 Å². The van der Waals surface area contributed by atoms with Gasteiger partial charge in [-0.1, -0.05) is 22.9 Å². The van der Waals surface area contributed by atoms with Crippen LogP contribution in [0.3, 0.4) is 0 Å². The van der Waals surface area contributed by atoms with Gasteiger partial charge in [0.2, 0.25) is 15.9 Å². The number of hydrogen-bond donors (Lipinski definition) is 2. The van der Waals surface area contributed by atoms with Crippen LogP contribution in [-0.4, -0.2) is 26.9 Å². The molecule has 1 amide bonds. The molecule has 0 aliphatic rings. The fourth-order valence-corrected chi connectivity index (χ4v) is 2.84. The predicted octanol–water partition coefficient (Wildman–Crippen LogP) is 1.64. The monoisotopic (exact) mass is 348 g/mol. The molecule has 0 aliphatic carbocycles. The van der Waals surface area contributed by atoms with Crippen molar-refractivity contribution in [2.45, 2.75) is 31.2 Å². The molecule has 0 bridgehead atoms. The van der Waals surface area contributed by atoms with Crippen molar-refractivity contribution in [1.82, 2.24) is 10.0 Å². The molecule has 0 unspecified atom stereocenters. The third kappa shape index (κ3) is 4.93. The van der Waals surface area contributed by atoms with E-state index in [9.17, 15) is 13.2 Å². The van der Waals surface area contributed by atoms with E-state index < -0.39 is 16.1 Å². The Morgan fingerprint density at radius 2 is 1.89 bits per heavy atom. The quantitative estimate of drug-likeness (QED) is 0.820. The minimum absolute atomic E-state index is 0.130. The van der Waals surface area contributed by atoms with E-state index in [4.69, 9.17) is 0 Å². The fraction of sp³-hybridized carbons (Fsp3) is 0.417.